The summed E-state index contributed by atoms with van der Waals surface area (Å²) in [6.07, 6.45) is 1.53. The maximum absolute atomic E-state index is 12.2. The van der Waals surface area contributed by atoms with Gasteiger partial charge in [-0.2, -0.15) is 8.78 Å². The molecule has 0 unspecified atom stereocenters. The van der Waals surface area contributed by atoms with Crippen molar-refractivity contribution >= 4 is 17.7 Å². The zero-order valence-corrected chi connectivity index (χ0v) is 9.27. The third-order valence-electron chi connectivity index (χ3n) is 1.75. The van der Waals surface area contributed by atoms with E-state index >= 15 is 0 Å². The predicted molar refractivity (Wildman–Crippen MR) is 60.8 cm³/mol. The van der Waals surface area contributed by atoms with Gasteiger partial charge in [-0.05, 0) is 12.1 Å². The number of amides is 1. The molecule has 0 aliphatic rings. The second kappa shape index (κ2) is 6.27. The summed E-state index contributed by atoms with van der Waals surface area (Å²) in [5.41, 5.74) is 0.259. The number of carbonyl (C=O) groups excluding carboxylic acids is 1. The van der Waals surface area contributed by atoms with E-state index < -0.39 is 5.76 Å². The van der Waals surface area contributed by atoms with Gasteiger partial charge in [-0.1, -0.05) is 30.0 Å². The highest BCUT2D eigenvalue weighted by atomic mass is 32.2. The van der Waals surface area contributed by atoms with Crippen LogP contribution in [0.15, 0.2) is 41.8 Å². The Morgan fingerprint density at radius 1 is 1.50 bits per heavy atom. The van der Waals surface area contributed by atoms with Crippen LogP contribution in [0.2, 0.25) is 0 Å². The third-order valence-corrected chi connectivity index (χ3v) is 2.54. The van der Waals surface area contributed by atoms with Crippen LogP contribution in [-0.4, -0.2) is 18.2 Å². The molecule has 0 saturated carbocycles. The molecule has 5 heteroatoms. The van der Waals surface area contributed by atoms with Crippen LogP contribution < -0.4 is 5.32 Å². The summed E-state index contributed by atoms with van der Waals surface area (Å²) in [6.45, 7) is 3.77. The summed E-state index contributed by atoms with van der Waals surface area (Å²) in [5.74, 6) is -2.91. The van der Waals surface area contributed by atoms with Crippen molar-refractivity contribution in [3.63, 3.8) is 0 Å². The SMILES string of the molecule is C=CCNC(=O)c1ccccc1SC(F)F. The van der Waals surface area contributed by atoms with Gasteiger partial charge >= 0.3 is 0 Å². The standard InChI is InChI=1S/C11H11F2NOS/c1-2-7-14-10(15)8-5-3-4-6-9(8)16-11(12)13/h2-6,11H,1,7H2,(H,14,15). The Labute approximate surface area is 96.7 Å². The lowest BCUT2D eigenvalue weighted by atomic mass is 10.2. The fourth-order valence-corrected chi connectivity index (χ4v) is 1.75. The molecule has 0 radical (unpaired) electrons. The molecule has 1 rings (SSSR count). The van der Waals surface area contributed by atoms with Crippen molar-refractivity contribution in [1.29, 1.82) is 0 Å². The monoisotopic (exact) mass is 243 g/mol. The summed E-state index contributed by atoms with van der Waals surface area (Å²) in [5, 5.41) is 2.55. The molecule has 0 aliphatic heterocycles. The van der Waals surface area contributed by atoms with Crippen molar-refractivity contribution in [3.8, 4) is 0 Å². The van der Waals surface area contributed by atoms with Crippen LogP contribution in [0.3, 0.4) is 0 Å². The molecule has 0 bridgehead atoms. The summed E-state index contributed by atoms with van der Waals surface area (Å²) in [7, 11) is 0. The summed E-state index contributed by atoms with van der Waals surface area (Å²) >= 11 is 0.367. The lowest BCUT2D eigenvalue weighted by Crippen LogP contribution is -2.23. The Hall–Kier alpha value is -1.36. The smallest absolute Gasteiger partial charge is 0.288 e. The fraction of sp³-hybridized carbons (Fsp3) is 0.182. The molecular formula is C11H11F2NOS. The molecule has 0 spiro atoms. The van der Waals surface area contributed by atoms with E-state index in [4.69, 9.17) is 0 Å². The van der Waals surface area contributed by atoms with E-state index in [1.54, 1.807) is 12.1 Å². The summed E-state index contributed by atoms with van der Waals surface area (Å²) in [4.78, 5) is 11.9. The first-order chi connectivity index (χ1) is 7.65. The molecule has 1 N–H and O–H groups in total. The number of halogens is 2. The molecule has 0 aromatic heterocycles. The van der Waals surface area contributed by atoms with Gasteiger partial charge in [0.25, 0.3) is 11.7 Å². The molecule has 1 aromatic carbocycles. The van der Waals surface area contributed by atoms with E-state index in [9.17, 15) is 13.6 Å². The van der Waals surface area contributed by atoms with Gasteiger partial charge in [0.15, 0.2) is 0 Å². The lowest BCUT2D eigenvalue weighted by molar-refractivity contribution is 0.0955. The highest BCUT2D eigenvalue weighted by molar-refractivity contribution is 7.99. The minimum Gasteiger partial charge on any atom is -0.349 e. The summed E-state index contributed by atoms with van der Waals surface area (Å²) < 4.78 is 24.5. The Balaban J connectivity index is 2.85. The van der Waals surface area contributed by atoms with Crippen molar-refractivity contribution in [2.45, 2.75) is 10.7 Å². The van der Waals surface area contributed by atoms with Gasteiger partial charge in [-0.15, -0.1) is 6.58 Å². The van der Waals surface area contributed by atoms with Crippen LogP contribution >= 0.6 is 11.8 Å². The van der Waals surface area contributed by atoms with E-state index in [2.05, 4.69) is 11.9 Å². The maximum Gasteiger partial charge on any atom is 0.288 e. The molecule has 1 amide bonds. The second-order valence-electron chi connectivity index (χ2n) is 2.87. The first-order valence-corrected chi connectivity index (χ1v) is 5.46. The van der Waals surface area contributed by atoms with Crippen molar-refractivity contribution in [2.75, 3.05) is 6.54 Å². The molecule has 0 aliphatic carbocycles. The molecule has 1 aromatic rings. The van der Waals surface area contributed by atoms with E-state index in [1.165, 1.54) is 18.2 Å². The molecule has 0 fully saturated rings. The van der Waals surface area contributed by atoms with Crippen LogP contribution in [0, 0.1) is 0 Å². The van der Waals surface area contributed by atoms with Gasteiger partial charge < -0.3 is 5.32 Å². The Morgan fingerprint density at radius 3 is 2.81 bits per heavy atom. The van der Waals surface area contributed by atoms with Gasteiger partial charge in [0.2, 0.25) is 0 Å². The normalized spacial score (nSPS) is 10.2. The average Bonchev–Trinajstić information content (AvgIpc) is 2.26. The predicted octanol–water partition coefficient (Wildman–Crippen LogP) is 2.92. The van der Waals surface area contributed by atoms with Gasteiger partial charge in [0.1, 0.15) is 0 Å². The number of hydrogen-bond donors (Lipinski definition) is 1. The number of benzene rings is 1. The Kier molecular flexibility index (Phi) is 4.98. The van der Waals surface area contributed by atoms with Crippen molar-refractivity contribution < 1.29 is 13.6 Å². The number of carbonyl (C=O) groups is 1. The highest BCUT2D eigenvalue weighted by Crippen LogP contribution is 2.28. The van der Waals surface area contributed by atoms with Crippen LogP contribution in [0.25, 0.3) is 0 Å². The first kappa shape index (κ1) is 12.7. The third kappa shape index (κ3) is 3.66. The van der Waals surface area contributed by atoms with Gasteiger partial charge in [-0.25, -0.2) is 0 Å². The zero-order valence-electron chi connectivity index (χ0n) is 8.45. The highest BCUT2D eigenvalue weighted by Gasteiger charge is 2.14. The van der Waals surface area contributed by atoms with E-state index in [1.807, 2.05) is 0 Å². The maximum atomic E-state index is 12.2. The van der Waals surface area contributed by atoms with Crippen molar-refractivity contribution in [1.82, 2.24) is 5.32 Å². The minimum atomic E-state index is -2.53. The number of hydrogen-bond acceptors (Lipinski definition) is 2. The number of nitrogens with one attached hydrogen (secondary N) is 1. The topological polar surface area (TPSA) is 29.1 Å². The second-order valence-corrected chi connectivity index (χ2v) is 3.91. The van der Waals surface area contributed by atoms with Crippen LogP contribution in [0.4, 0.5) is 8.78 Å². The molecule has 2 nitrogen and oxygen atoms in total. The van der Waals surface area contributed by atoms with Crippen LogP contribution in [0.1, 0.15) is 10.4 Å². The van der Waals surface area contributed by atoms with E-state index in [-0.39, 0.29) is 16.4 Å². The number of thioether (sulfide) groups is 1. The fourth-order valence-electron chi connectivity index (χ4n) is 1.11. The minimum absolute atomic E-state index is 0.259. The quantitative estimate of drug-likeness (QED) is 0.636. The van der Waals surface area contributed by atoms with Gasteiger partial charge in [0.05, 0.1) is 5.56 Å². The molecule has 0 atom stereocenters. The van der Waals surface area contributed by atoms with Gasteiger partial charge in [0, 0.05) is 11.4 Å². The molecule has 86 valence electrons. The number of alkyl halides is 2. The lowest BCUT2D eigenvalue weighted by Gasteiger charge is -2.07. The molecule has 16 heavy (non-hydrogen) atoms. The van der Waals surface area contributed by atoms with Gasteiger partial charge in [-0.3, -0.25) is 4.79 Å². The van der Waals surface area contributed by atoms with Crippen LogP contribution in [0.5, 0.6) is 0 Å². The van der Waals surface area contributed by atoms with E-state index in [0.717, 1.165) is 0 Å². The number of rotatable bonds is 5. The zero-order chi connectivity index (χ0) is 12.0. The van der Waals surface area contributed by atoms with Crippen LogP contribution in [-0.2, 0) is 0 Å². The molecular weight excluding hydrogens is 232 g/mol. The van der Waals surface area contributed by atoms with E-state index in [0.29, 0.717) is 18.3 Å². The average molecular weight is 243 g/mol. The van der Waals surface area contributed by atoms with Crippen molar-refractivity contribution in [2.24, 2.45) is 0 Å². The first-order valence-electron chi connectivity index (χ1n) is 4.58. The van der Waals surface area contributed by atoms with Crippen molar-refractivity contribution in [3.05, 3.63) is 42.5 Å². The Morgan fingerprint density at radius 2 is 2.19 bits per heavy atom. The Bertz CT molecular complexity index is 382. The largest absolute Gasteiger partial charge is 0.349 e. The molecule has 0 saturated heterocycles. The summed E-state index contributed by atoms with van der Waals surface area (Å²) in [6, 6.07) is 6.27. The molecule has 0 heterocycles.